The molecule has 1 N–H and O–H groups in total. The number of fused-ring (bicyclic) bond motifs is 1. The zero-order valence-electron chi connectivity index (χ0n) is 15.3. The smallest absolute Gasteiger partial charge is 0.255 e. The van der Waals surface area contributed by atoms with Crippen LogP contribution in [0.3, 0.4) is 0 Å². The Labute approximate surface area is 157 Å². The van der Waals surface area contributed by atoms with Crippen LogP contribution in [0.1, 0.15) is 27.0 Å². The normalized spacial score (nSPS) is 10.9. The van der Waals surface area contributed by atoms with Crippen molar-refractivity contribution in [1.29, 1.82) is 0 Å². The molecule has 0 aliphatic heterocycles. The van der Waals surface area contributed by atoms with Crippen molar-refractivity contribution >= 4 is 22.6 Å². The fraction of sp³-hybridized carbons (Fsp3) is 0.136. The van der Waals surface area contributed by atoms with Crippen LogP contribution in [0.2, 0.25) is 0 Å². The number of anilines is 1. The number of aryl methyl sites for hydroxylation is 2. The van der Waals surface area contributed by atoms with E-state index < -0.39 is 0 Å². The van der Waals surface area contributed by atoms with Gasteiger partial charge in [0.15, 0.2) is 0 Å². The molecule has 0 atom stereocenters. The summed E-state index contributed by atoms with van der Waals surface area (Å²) in [6.07, 6.45) is 0. The lowest BCUT2D eigenvalue weighted by Gasteiger charge is -2.07. The highest BCUT2D eigenvalue weighted by Crippen LogP contribution is 2.18. The number of nitrogens with zero attached hydrogens (tertiary/aromatic N) is 3. The first kappa shape index (κ1) is 17.0. The lowest BCUT2D eigenvalue weighted by molar-refractivity contribution is 0.102. The summed E-state index contributed by atoms with van der Waals surface area (Å²) in [6, 6.07) is 21.4. The lowest BCUT2D eigenvalue weighted by Crippen LogP contribution is -2.11. The number of carbonyl (C=O) groups excluding carboxylic acids is 1. The third-order valence-corrected chi connectivity index (χ3v) is 4.67. The van der Waals surface area contributed by atoms with E-state index in [2.05, 4.69) is 34.7 Å². The summed E-state index contributed by atoms with van der Waals surface area (Å²) < 4.78 is 1.86. The molecule has 5 heteroatoms. The Hall–Kier alpha value is -3.47. The van der Waals surface area contributed by atoms with Gasteiger partial charge in [-0.1, -0.05) is 47.2 Å². The average Bonchev–Trinajstić information content (AvgIpc) is 3.07. The van der Waals surface area contributed by atoms with E-state index in [9.17, 15) is 4.79 Å². The maximum atomic E-state index is 12.5. The zero-order valence-corrected chi connectivity index (χ0v) is 15.3. The van der Waals surface area contributed by atoms with Crippen LogP contribution < -0.4 is 5.32 Å². The highest BCUT2D eigenvalue weighted by atomic mass is 16.1. The molecule has 0 spiro atoms. The van der Waals surface area contributed by atoms with Crippen molar-refractivity contribution in [2.24, 2.45) is 0 Å². The quantitative estimate of drug-likeness (QED) is 0.591. The second-order valence-corrected chi connectivity index (χ2v) is 6.70. The van der Waals surface area contributed by atoms with E-state index in [1.54, 1.807) is 6.07 Å². The van der Waals surface area contributed by atoms with E-state index >= 15 is 0 Å². The van der Waals surface area contributed by atoms with Gasteiger partial charge in [-0.05, 0) is 55.3 Å². The summed E-state index contributed by atoms with van der Waals surface area (Å²) in [5.41, 5.74) is 6.52. The molecular weight excluding hydrogens is 336 g/mol. The molecule has 0 aliphatic carbocycles. The van der Waals surface area contributed by atoms with Gasteiger partial charge in [-0.3, -0.25) is 4.79 Å². The molecule has 134 valence electrons. The van der Waals surface area contributed by atoms with Crippen LogP contribution in [0.25, 0.3) is 11.0 Å². The fourth-order valence-corrected chi connectivity index (χ4v) is 3.02. The first-order valence-corrected chi connectivity index (χ1v) is 8.86. The average molecular weight is 356 g/mol. The number of benzene rings is 3. The number of hydrogen-bond acceptors (Lipinski definition) is 3. The van der Waals surface area contributed by atoms with E-state index in [0.717, 1.165) is 16.8 Å². The molecule has 4 aromatic rings. The summed E-state index contributed by atoms with van der Waals surface area (Å²) >= 11 is 0. The van der Waals surface area contributed by atoms with Gasteiger partial charge < -0.3 is 5.32 Å². The Bertz CT molecular complexity index is 1110. The van der Waals surface area contributed by atoms with Crippen LogP contribution in [0.15, 0.2) is 66.7 Å². The minimum Gasteiger partial charge on any atom is -0.322 e. The fourth-order valence-electron chi connectivity index (χ4n) is 3.02. The summed E-state index contributed by atoms with van der Waals surface area (Å²) in [5, 5.41) is 11.4. The van der Waals surface area contributed by atoms with Gasteiger partial charge >= 0.3 is 0 Å². The zero-order chi connectivity index (χ0) is 18.8. The van der Waals surface area contributed by atoms with Gasteiger partial charge in [0.25, 0.3) is 5.91 Å². The predicted molar refractivity (Wildman–Crippen MR) is 107 cm³/mol. The number of rotatable bonds is 4. The van der Waals surface area contributed by atoms with Gasteiger partial charge in [0.1, 0.15) is 5.52 Å². The maximum Gasteiger partial charge on any atom is 0.255 e. The number of amides is 1. The second-order valence-electron chi connectivity index (χ2n) is 6.70. The van der Waals surface area contributed by atoms with Gasteiger partial charge in [-0.25, -0.2) is 4.68 Å². The van der Waals surface area contributed by atoms with E-state index in [4.69, 9.17) is 0 Å². The molecule has 5 nitrogen and oxygen atoms in total. The number of carbonyl (C=O) groups is 1. The Balaban J connectivity index is 1.57. The van der Waals surface area contributed by atoms with E-state index in [1.165, 1.54) is 11.1 Å². The highest BCUT2D eigenvalue weighted by molar-refractivity contribution is 6.05. The van der Waals surface area contributed by atoms with Crippen LogP contribution >= 0.6 is 0 Å². The molecule has 3 aromatic carbocycles. The Morgan fingerprint density at radius 3 is 2.56 bits per heavy atom. The molecule has 0 fully saturated rings. The molecule has 0 unspecified atom stereocenters. The molecule has 0 saturated carbocycles. The summed E-state index contributed by atoms with van der Waals surface area (Å²) in [7, 11) is 0. The largest absolute Gasteiger partial charge is 0.322 e. The third-order valence-electron chi connectivity index (χ3n) is 4.67. The number of nitrogens with one attached hydrogen (secondary N) is 1. The van der Waals surface area contributed by atoms with Gasteiger partial charge in [0.05, 0.1) is 12.1 Å². The van der Waals surface area contributed by atoms with Gasteiger partial charge in [0, 0.05) is 11.3 Å². The minimum atomic E-state index is -0.158. The van der Waals surface area contributed by atoms with Crippen LogP contribution in [0.4, 0.5) is 5.69 Å². The maximum absolute atomic E-state index is 12.5. The SMILES string of the molecule is Cc1ccc(NC(=O)c2ccc3c(c2)nnn3Cc2ccccc2C)cc1. The Morgan fingerprint density at radius 2 is 1.78 bits per heavy atom. The predicted octanol–water partition coefficient (Wildman–Crippen LogP) is 4.35. The minimum absolute atomic E-state index is 0.158. The van der Waals surface area contributed by atoms with Crippen LogP contribution in [-0.4, -0.2) is 20.9 Å². The molecule has 0 bridgehead atoms. The van der Waals surface area contributed by atoms with Crippen molar-refractivity contribution in [1.82, 2.24) is 15.0 Å². The van der Waals surface area contributed by atoms with Crippen molar-refractivity contribution < 1.29 is 4.79 Å². The first-order valence-electron chi connectivity index (χ1n) is 8.86. The number of aromatic nitrogens is 3. The van der Waals surface area contributed by atoms with Gasteiger partial charge in [0.2, 0.25) is 0 Å². The summed E-state index contributed by atoms with van der Waals surface area (Å²) in [6.45, 7) is 4.75. The van der Waals surface area contributed by atoms with Crippen molar-refractivity contribution in [2.75, 3.05) is 5.32 Å². The van der Waals surface area contributed by atoms with Crippen molar-refractivity contribution in [2.45, 2.75) is 20.4 Å². The highest BCUT2D eigenvalue weighted by Gasteiger charge is 2.11. The number of hydrogen-bond donors (Lipinski definition) is 1. The molecule has 1 aromatic heterocycles. The van der Waals surface area contributed by atoms with Crippen molar-refractivity contribution in [3.8, 4) is 0 Å². The lowest BCUT2D eigenvalue weighted by atomic mass is 10.1. The molecule has 0 aliphatic rings. The van der Waals surface area contributed by atoms with E-state index in [0.29, 0.717) is 17.6 Å². The Morgan fingerprint density at radius 1 is 1.00 bits per heavy atom. The van der Waals surface area contributed by atoms with Crippen molar-refractivity contribution in [3.05, 3.63) is 89.0 Å². The molecule has 27 heavy (non-hydrogen) atoms. The monoisotopic (exact) mass is 356 g/mol. The van der Waals surface area contributed by atoms with Crippen LogP contribution in [-0.2, 0) is 6.54 Å². The molecule has 1 amide bonds. The summed E-state index contributed by atoms with van der Waals surface area (Å²) in [4.78, 5) is 12.5. The van der Waals surface area contributed by atoms with Crippen molar-refractivity contribution in [3.63, 3.8) is 0 Å². The van der Waals surface area contributed by atoms with Gasteiger partial charge in [-0.15, -0.1) is 5.10 Å². The summed E-state index contributed by atoms with van der Waals surface area (Å²) in [5.74, 6) is -0.158. The standard InChI is InChI=1S/C22H20N4O/c1-15-7-10-19(11-8-15)23-22(27)17-9-12-21-20(13-17)24-25-26(21)14-18-6-4-3-5-16(18)2/h3-13H,14H2,1-2H3,(H,23,27). The first-order chi connectivity index (χ1) is 13.1. The van der Waals surface area contributed by atoms with Crippen LogP contribution in [0.5, 0.6) is 0 Å². The van der Waals surface area contributed by atoms with Gasteiger partial charge in [-0.2, -0.15) is 0 Å². The third kappa shape index (κ3) is 3.58. The van der Waals surface area contributed by atoms with E-state index in [-0.39, 0.29) is 5.91 Å². The van der Waals surface area contributed by atoms with E-state index in [1.807, 2.05) is 60.1 Å². The molecule has 0 saturated heterocycles. The Kier molecular flexibility index (Phi) is 4.42. The molecule has 0 radical (unpaired) electrons. The molecule has 1 heterocycles. The van der Waals surface area contributed by atoms with Crippen LogP contribution in [0, 0.1) is 13.8 Å². The second kappa shape index (κ2) is 7.03. The topological polar surface area (TPSA) is 59.8 Å². The molecular formula is C22H20N4O. The molecule has 4 rings (SSSR count).